The van der Waals surface area contributed by atoms with Gasteiger partial charge in [-0.1, -0.05) is 30.3 Å². The normalized spacial score (nSPS) is 28.2. The summed E-state index contributed by atoms with van der Waals surface area (Å²) in [5.41, 5.74) is 1.08. The molecule has 0 spiro atoms. The molecule has 7 heteroatoms. The average molecular weight is 406 g/mol. The largest absolute Gasteiger partial charge is 0.337 e. The molecule has 7 nitrogen and oxygen atoms in total. The molecule has 2 bridgehead atoms. The molecule has 2 amide bonds. The van der Waals surface area contributed by atoms with Crippen LogP contribution in [0.3, 0.4) is 0 Å². The second kappa shape index (κ2) is 7.70. The molecule has 3 saturated heterocycles. The maximum atomic E-state index is 13.1. The van der Waals surface area contributed by atoms with E-state index in [1.807, 2.05) is 23.1 Å². The van der Waals surface area contributed by atoms with Gasteiger partial charge in [-0.2, -0.15) is 0 Å². The summed E-state index contributed by atoms with van der Waals surface area (Å²) < 4.78 is 0. The van der Waals surface area contributed by atoms with E-state index in [4.69, 9.17) is 0 Å². The fourth-order valence-corrected chi connectivity index (χ4v) is 5.71. The fourth-order valence-electron chi connectivity index (χ4n) is 5.71. The van der Waals surface area contributed by atoms with Crippen LogP contribution < -0.4 is 5.56 Å². The highest BCUT2D eigenvalue weighted by molar-refractivity contribution is 5.92. The molecule has 0 aliphatic carbocycles. The Morgan fingerprint density at radius 3 is 2.70 bits per heavy atom. The number of H-pyrrole nitrogens is 1. The van der Waals surface area contributed by atoms with Crippen LogP contribution in [0.15, 0.2) is 47.5 Å². The first-order valence-corrected chi connectivity index (χ1v) is 10.8. The van der Waals surface area contributed by atoms with Crippen LogP contribution >= 0.6 is 0 Å². The van der Waals surface area contributed by atoms with E-state index in [0.29, 0.717) is 19.5 Å². The number of benzene rings is 1. The first-order chi connectivity index (χ1) is 14.6. The van der Waals surface area contributed by atoms with Crippen molar-refractivity contribution in [3.8, 4) is 0 Å². The SMILES string of the molecule is O=C(c1cncc(=O)[nH]1)N1C[C@H]2C[C@@H](C1)[C@H](Cc1ccccc1)N1C(=O)CCC[C@@H]21. The van der Waals surface area contributed by atoms with E-state index < -0.39 is 0 Å². The number of nitrogens with zero attached hydrogens (tertiary/aromatic N) is 3. The standard InChI is InChI=1S/C23H26N4O3/c28-21-12-24-11-18(25-21)23(30)26-13-16-10-17(14-26)20(9-15-5-2-1-3-6-15)27-19(16)7-4-8-22(27)29/h1-3,5-6,11-12,16-17,19-20H,4,7-10,13-14H2,(H,25,28)/t16-,17+,19+,20+/m1/s1. The van der Waals surface area contributed by atoms with Crippen molar-refractivity contribution in [2.24, 2.45) is 11.8 Å². The molecule has 156 valence electrons. The Bertz CT molecular complexity index is 1000. The van der Waals surface area contributed by atoms with Gasteiger partial charge in [0, 0.05) is 31.6 Å². The van der Waals surface area contributed by atoms with Crippen molar-refractivity contribution in [1.29, 1.82) is 0 Å². The number of aromatic amines is 1. The van der Waals surface area contributed by atoms with Gasteiger partial charge in [0.25, 0.3) is 11.5 Å². The number of amides is 2. The number of carbonyl (C=O) groups is 2. The molecular weight excluding hydrogens is 380 g/mol. The molecule has 1 aromatic carbocycles. The van der Waals surface area contributed by atoms with Gasteiger partial charge in [-0.3, -0.25) is 19.4 Å². The van der Waals surface area contributed by atoms with E-state index in [2.05, 4.69) is 27.0 Å². The lowest BCUT2D eigenvalue weighted by Gasteiger charge is -2.56. The van der Waals surface area contributed by atoms with Crippen LogP contribution in [-0.4, -0.2) is 56.8 Å². The van der Waals surface area contributed by atoms with Crippen LogP contribution in [-0.2, 0) is 11.2 Å². The van der Waals surface area contributed by atoms with Gasteiger partial charge >= 0.3 is 0 Å². The van der Waals surface area contributed by atoms with Crippen LogP contribution in [0.4, 0.5) is 0 Å². The van der Waals surface area contributed by atoms with Crippen molar-refractivity contribution >= 4 is 11.8 Å². The molecule has 4 heterocycles. The summed E-state index contributed by atoms with van der Waals surface area (Å²) in [6, 6.07) is 10.6. The van der Waals surface area contributed by atoms with Gasteiger partial charge in [0.05, 0.1) is 12.4 Å². The number of hydrogen-bond donors (Lipinski definition) is 1. The number of aromatic nitrogens is 2. The Labute approximate surface area is 175 Å². The third kappa shape index (κ3) is 3.42. The highest BCUT2D eigenvalue weighted by Crippen LogP contribution is 2.42. The van der Waals surface area contributed by atoms with Crippen molar-refractivity contribution in [2.75, 3.05) is 13.1 Å². The molecule has 30 heavy (non-hydrogen) atoms. The van der Waals surface area contributed by atoms with Gasteiger partial charge in [-0.05, 0) is 43.1 Å². The first kappa shape index (κ1) is 19.0. The molecule has 1 aromatic heterocycles. The summed E-state index contributed by atoms with van der Waals surface area (Å²) in [5, 5.41) is 0. The number of piperidine rings is 3. The summed E-state index contributed by atoms with van der Waals surface area (Å²) >= 11 is 0. The minimum atomic E-state index is -0.371. The summed E-state index contributed by atoms with van der Waals surface area (Å²) in [6.07, 6.45) is 6.99. The van der Waals surface area contributed by atoms with Crippen LogP contribution in [0, 0.1) is 11.8 Å². The van der Waals surface area contributed by atoms with Crippen LogP contribution in [0.5, 0.6) is 0 Å². The molecule has 1 N–H and O–H groups in total. The molecule has 4 atom stereocenters. The number of hydrogen-bond acceptors (Lipinski definition) is 4. The molecular formula is C23H26N4O3. The van der Waals surface area contributed by atoms with Crippen LogP contribution in [0.2, 0.25) is 0 Å². The second-order valence-corrected chi connectivity index (χ2v) is 8.79. The first-order valence-electron chi connectivity index (χ1n) is 10.8. The third-order valence-corrected chi connectivity index (χ3v) is 6.96. The highest BCUT2D eigenvalue weighted by atomic mass is 16.2. The quantitative estimate of drug-likeness (QED) is 0.843. The zero-order valence-electron chi connectivity index (χ0n) is 16.9. The Hall–Kier alpha value is -2.96. The van der Waals surface area contributed by atoms with Gasteiger partial charge in [0.1, 0.15) is 5.69 Å². The highest BCUT2D eigenvalue weighted by Gasteiger charge is 2.50. The summed E-state index contributed by atoms with van der Waals surface area (Å²) in [4.78, 5) is 48.2. The van der Waals surface area contributed by atoms with E-state index in [1.165, 1.54) is 18.0 Å². The van der Waals surface area contributed by atoms with Gasteiger partial charge < -0.3 is 14.8 Å². The molecule has 0 saturated carbocycles. The molecule has 0 radical (unpaired) electrons. The van der Waals surface area contributed by atoms with E-state index in [1.54, 1.807) is 0 Å². The van der Waals surface area contributed by atoms with Crippen molar-refractivity contribution in [3.63, 3.8) is 0 Å². The topological polar surface area (TPSA) is 86.4 Å². The van der Waals surface area contributed by atoms with E-state index >= 15 is 0 Å². The predicted molar refractivity (Wildman–Crippen MR) is 111 cm³/mol. The predicted octanol–water partition coefficient (Wildman–Crippen LogP) is 1.85. The van der Waals surface area contributed by atoms with E-state index in [-0.39, 0.29) is 47.0 Å². The lowest BCUT2D eigenvalue weighted by atomic mass is 9.70. The van der Waals surface area contributed by atoms with Crippen molar-refractivity contribution in [2.45, 2.75) is 44.2 Å². The van der Waals surface area contributed by atoms with E-state index in [9.17, 15) is 14.4 Å². The Morgan fingerprint density at radius 2 is 1.90 bits per heavy atom. The van der Waals surface area contributed by atoms with Crippen molar-refractivity contribution in [3.05, 3.63) is 64.3 Å². The average Bonchev–Trinajstić information content (AvgIpc) is 2.77. The smallest absolute Gasteiger partial charge is 0.271 e. The van der Waals surface area contributed by atoms with Gasteiger partial charge in [-0.15, -0.1) is 0 Å². The Morgan fingerprint density at radius 1 is 1.10 bits per heavy atom. The number of nitrogens with one attached hydrogen (secondary N) is 1. The lowest BCUT2D eigenvalue weighted by Crippen LogP contribution is -2.66. The number of likely N-dealkylation sites (tertiary alicyclic amines) is 1. The van der Waals surface area contributed by atoms with Gasteiger partial charge in [-0.25, -0.2) is 0 Å². The van der Waals surface area contributed by atoms with Crippen LogP contribution in [0.25, 0.3) is 0 Å². The minimum Gasteiger partial charge on any atom is -0.337 e. The molecule has 3 aliphatic heterocycles. The molecule has 3 fully saturated rings. The second-order valence-electron chi connectivity index (χ2n) is 8.79. The number of carbonyl (C=O) groups excluding carboxylic acids is 2. The van der Waals surface area contributed by atoms with E-state index in [0.717, 1.165) is 25.7 Å². The number of rotatable bonds is 3. The maximum Gasteiger partial charge on any atom is 0.271 e. The monoisotopic (exact) mass is 406 g/mol. The summed E-state index contributed by atoms with van der Waals surface area (Å²) in [5.74, 6) is 0.601. The zero-order valence-corrected chi connectivity index (χ0v) is 16.9. The van der Waals surface area contributed by atoms with Gasteiger partial charge in [0.2, 0.25) is 5.91 Å². The Balaban J connectivity index is 1.45. The van der Waals surface area contributed by atoms with Crippen molar-refractivity contribution < 1.29 is 9.59 Å². The van der Waals surface area contributed by atoms with Crippen molar-refractivity contribution in [1.82, 2.24) is 19.8 Å². The maximum absolute atomic E-state index is 13.1. The molecule has 5 rings (SSSR count). The Kier molecular flexibility index (Phi) is 4.89. The zero-order chi connectivity index (χ0) is 20.7. The molecule has 0 unspecified atom stereocenters. The third-order valence-electron chi connectivity index (χ3n) is 6.96. The number of fused-ring (bicyclic) bond motifs is 4. The van der Waals surface area contributed by atoms with Gasteiger partial charge in [0.15, 0.2) is 0 Å². The molecule has 3 aliphatic rings. The minimum absolute atomic E-state index is 0.102. The summed E-state index contributed by atoms with van der Waals surface area (Å²) in [6.45, 7) is 1.22. The fraction of sp³-hybridized carbons (Fsp3) is 0.478. The molecule has 2 aromatic rings. The summed E-state index contributed by atoms with van der Waals surface area (Å²) in [7, 11) is 0. The van der Waals surface area contributed by atoms with Crippen LogP contribution in [0.1, 0.15) is 41.7 Å². The lowest BCUT2D eigenvalue weighted by molar-refractivity contribution is -0.151.